The van der Waals surface area contributed by atoms with Gasteiger partial charge in [-0.3, -0.25) is 9.78 Å². The highest BCUT2D eigenvalue weighted by Gasteiger charge is 2.07. The topological polar surface area (TPSA) is 51.2 Å². The molecule has 1 aromatic heterocycles. The van der Waals surface area contributed by atoms with E-state index < -0.39 is 0 Å². The van der Waals surface area contributed by atoms with Crippen LogP contribution >= 0.6 is 11.6 Å². The number of ether oxygens (including phenoxy) is 1. The van der Waals surface area contributed by atoms with Crippen molar-refractivity contribution in [1.29, 1.82) is 0 Å². The third-order valence-corrected chi connectivity index (χ3v) is 3.06. The highest BCUT2D eigenvalue weighted by molar-refractivity contribution is 6.32. The Balaban J connectivity index is 1.96. The predicted octanol–water partition coefficient (Wildman–Crippen LogP) is 3.71. The van der Waals surface area contributed by atoms with Crippen LogP contribution in [0.3, 0.4) is 0 Å². The quantitative estimate of drug-likeness (QED) is 0.885. The molecule has 0 unspecified atom stereocenters. The second-order valence-corrected chi connectivity index (χ2v) is 4.99. The Hall–Kier alpha value is -2.07. The minimum atomic E-state index is -0.110. The summed E-state index contributed by atoms with van der Waals surface area (Å²) in [5.41, 5.74) is 1.52. The first-order chi connectivity index (χ1) is 10.2. The lowest BCUT2D eigenvalue weighted by molar-refractivity contribution is -0.115. The summed E-state index contributed by atoms with van der Waals surface area (Å²) >= 11 is 6.12. The Morgan fingerprint density at radius 1 is 1.38 bits per heavy atom. The van der Waals surface area contributed by atoms with Gasteiger partial charge in [0.2, 0.25) is 5.91 Å². The van der Waals surface area contributed by atoms with Crippen molar-refractivity contribution >= 4 is 23.2 Å². The van der Waals surface area contributed by atoms with Gasteiger partial charge in [0, 0.05) is 18.1 Å². The maximum atomic E-state index is 11.9. The van der Waals surface area contributed by atoms with E-state index in [2.05, 4.69) is 10.3 Å². The van der Waals surface area contributed by atoms with E-state index >= 15 is 0 Å². The van der Waals surface area contributed by atoms with Crippen LogP contribution in [-0.2, 0) is 11.2 Å². The second-order valence-electron chi connectivity index (χ2n) is 4.58. The Labute approximate surface area is 129 Å². The molecule has 1 amide bonds. The Morgan fingerprint density at radius 2 is 2.24 bits per heavy atom. The molecule has 0 radical (unpaired) electrons. The fraction of sp³-hybridized carbons (Fsp3) is 0.250. The summed E-state index contributed by atoms with van der Waals surface area (Å²) in [6.45, 7) is 2.65. The summed E-state index contributed by atoms with van der Waals surface area (Å²) in [6.07, 6.45) is 4.55. The predicted molar refractivity (Wildman–Crippen MR) is 83.8 cm³/mol. The van der Waals surface area contributed by atoms with Crippen LogP contribution in [0.2, 0.25) is 5.02 Å². The number of halogens is 1. The molecule has 0 aliphatic carbocycles. The van der Waals surface area contributed by atoms with Crippen LogP contribution in [0, 0.1) is 0 Å². The molecule has 0 aliphatic rings. The summed E-state index contributed by atoms with van der Waals surface area (Å²) < 4.78 is 5.49. The van der Waals surface area contributed by atoms with Gasteiger partial charge in [-0.25, -0.2) is 0 Å². The SMILES string of the molecule is CCCOc1ccc(NC(=O)Cc2cccnc2)cc1Cl. The molecule has 0 saturated heterocycles. The Bertz CT molecular complexity index is 602. The molecule has 1 aromatic carbocycles. The van der Waals surface area contributed by atoms with Crippen molar-refractivity contribution in [2.75, 3.05) is 11.9 Å². The molecule has 2 aromatic rings. The normalized spacial score (nSPS) is 10.2. The van der Waals surface area contributed by atoms with Crippen molar-refractivity contribution in [3.8, 4) is 5.75 Å². The molecule has 0 spiro atoms. The van der Waals surface area contributed by atoms with E-state index in [0.29, 0.717) is 23.1 Å². The first kappa shape index (κ1) is 15.3. The maximum absolute atomic E-state index is 11.9. The number of carbonyl (C=O) groups excluding carboxylic acids is 1. The Kier molecular flexibility index (Phi) is 5.58. The molecule has 1 heterocycles. The van der Waals surface area contributed by atoms with Crippen molar-refractivity contribution in [2.24, 2.45) is 0 Å². The largest absolute Gasteiger partial charge is 0.492 e. The van der Waals surface area contributed by atoms with Crippen LogP contribution in [0.25, 0.3) is 0 Å². The van der Waals surface area contributed by atoms with E-state index in [9.17, 15) is 4.79 Å². The molecule has 110 valence electrons. The fourth-order valence-corrected chi connectivity index (χ4v) is 2.04. The van der Waals surface area contributed by atoms with Crippen molar-refractivity contribution < 1.29 is 9.53 Å². The third kappa shape index (κ3) is 4.76. The number of carbonyl (C=O) groups is 1. The standard InChI is InChI=1S/C16H17ClN2O2/c1-2-8-21-15-6-5-13(10-14(15)17)19-16(20)9-12-4-3-7-18-11-12/h3-7,10-11H,2,8-9H2,1H3,(H,19,20). The van der Waals surface area contributed by atoms with Crippen LogP contribution in [0.5, 0.6) is 5.75 Å². The van der Waals surface area contributed by atoms with Gasteiger partial charge in [0.05, 0.1) is 18.1 Å². The first-order valence-electron chi connectivity index (χ1n) is 6.80. The number of anilines is 1. The van der Waals surface area contributed by atoms with Gasteiger partial charge in [0.15, 0.2) is 0 Å². The molecule has 0 fully saturated rings. The molecule has 0 aliphatic heterocycles. The van der Waals surface area contributed by atoms with Gasteiger partial charge in [-0.05, 0) is 36.2 Å². The van der Waals surface area contributed by atoms with E-state index in [1.54, 1.807) is 36.7 Å². The molecule has 5 heteroatoms. The van der Waals surface area contributed by atoms with Gasteiger partial charge in [-0.15, -0.1) is 0 Å². The van der Waals surface area contributed by atoms with Gasteiger partial charge in [-0.2, -0.15) is 0 Å². The smallest absolute Gasteiger partial charge is 0.228 e. The summed E-state index contributed by atoms with van der Waals surface area (Å²) in [7, 11) is 0. The number of nitrogens with one attached hydrogen (secondary N) is 1. The van der Waals surface area contributed by atoms with E-state index in [0.717, 1.165) is 12.0 Å². The molecule has 0 bridgehead atoms. The summed E-state index contributed by atoms with van der Waals surface area (Å²) in [6, 6.07) is 8.89. The summed E-state index contributed by atoms with van der Waals surface area (Å²) in [5, 5.41) is 3.30. The molecule has 21 heavy (non-hydrogen) atoms. The second kappa shape index (κ2) is 7.64. The first-order valence-corrected chi connectivity index (χ1v) is 7.18. The molecular formula is C16H17ClN2O2. The number of amides is 1. The average molecular weight is 305 g/mol. The monoisotopic (exact) mass is 304 g/mol. The number of hydrogen-bond acceptors (Lipinski definition) is 3. The minimum absolute atomic E-state index is 0.110. The van der Waals surface area contributed by atoms with E-state index in [1.165, 1.54) is 0 Å². The van der Waals surface area contributed by atoms with Crippen LogP contribution in [-0.4, -0.2) is 17.5 Å². The lowest BCUT2D eigenvalue weighted by Crippen LogP contribution is -2.14. The molecule has 1 N–H and O–H groups in total. The molecular weight excluding hydrogens is 288 g/mol. The van der Waals surface area contributed by atoms with Gasteiger partial charge in [-0.1, -0.05) is 24.6 Å². The van der Waals surface area contributed by atoms with Gasteiger partial charge >= 0.3 is 0 Å². The maximum Gasteiger partial charge on any atom is 0.228 e. The van der Waals surface area contributed by atoms with Crippen molar-refractivity contribution in [1.82, 2.24) is 4.98 Å². The molecule has 2 rings (SSSR count). The fourth-order valence-electron chi connectivity index (χ4n) is 1.80. The number of benzene rings is 1. The number of nitrogens with zero attached hydrogens (tertiary/aromatic N) is 1. The third-order valence-electron chi connectivity index (χ3n) is 2.76. The van der Waals surface area contributed by atoms with Gasteiger partial charge in [0.1, 0.15) is 5.75 Å². The summed E-state index contributed by atoms with van der Waals surface area (Å²) in [4.78, 5) is 15.9. The average Bonchev–Trinajstić information content (AvgIpc) is 2.47. The van der Waals surface area contributed by atoms with Crippen molar-refractivity contribution in [3.05, 3.63) is 53.3 Å². The van der Waals surface area contributed by atoms with Gasteiger partial charge < -0.3 is 10.1 Å². The van der Waals surface area contributed by atoms with Crippen molar-refractivity contribution in [3.63, 3.8) is 0 Å². The van der Waals surface area contributed by atoms with E-state index in [-0.39, 0.29) is 12.3 Å². The summed E-state index contributed by atoms with van der Waals surface area (Å²) in [5.74, 6) is 0.519. The van der Waals surface area contributed by atoms with Crippen molar-refractivity contribution in [2.45, 2.75) is 19.8 Å². The van der Waals surface area contributed by atoms with Crippen LogP contribution < -0.4 is 10.1 Å². The minimum Gasteiger partial charge on any atom is -0.492 e. The van der Waals surface area contributed by atoms with Crippen LogP contribution in [0.15, 0.2) is 42.7 Å². The lowest BCUT2D eigenvalue weighted by atomic mass is 10.2. The zero-order valence-corrected chi connectivity index (χ0v) is 12.6. The molecule has 0 atom stereocenters. The zero-order chi connectivity index (χ0) is 15.1. The number of rotatable bonds is 6. The van der Waals surface area contributed by atoms with E-state index in [4.69, 9.17) is 16.3 Å². The van der Waals surface area contributed by atoms with Crippen LogP contribution in [0.1, 0.15) is 18.9 Å². The van der Waals surface area contributed by atoms with Gasteiger partial charge in [0.25, 0.3) is 0 Å². The van der Waals surface area contributed by atoms with Crippen LogP contribution in [0.4, 0.5) is 5.69 Å². The molecule has 4 nitrogen and oxygen atoms in total. The number of aromatic nitrogens is 1. The zero-order valence-electron chi connectivity index (χ0n) is 11.8. The Morgan fingerprint density at radius 3 is 2.90 bits per heavy atom. The number of hydrogen-bond donors (Lipinski definition) is 1. The number of pyridine rings is 1. The highest BCUT2D eigenvalue weighted by Crippen LogP contribution is 2.27. The molecule has 0 saturated carbocycles. The highest BCUT2D eigenvalue weighted by atomic mass is 35.5. The lowest BCUT2D eigenvalue weighted by Gasteiger charge is -2.09. The van der Waals surface area contributed by atoms with E-state index in [1.807, 2.05) is 13.0 Å².